The number of carbonyl (C=O) groups excluding carboxylic acids is 11. The molecule has 0 aromatic heterocycles. The molecule has 0 aromatic carbocycles. The summed E-state index contributed by atoms with van der Waals surface area (Å²) in [5.74, 6) is -10.8. The van der Waals surface area contributed by atoms with Crippen LogP contribution in [0.3, 0.4) is 0 Å². The van der Waals surface area contributed by atoms with E-state index in [2.05, 4.69) is 54.8 Å². The molecule has 1 aliphatic heterocycles. The highest BCUT2D eigenvalue weighted by Crippen LogP contribution is 2.15. The van der Waals surface area contributed by atoms with E-state index in [0.29, 0.717) is 12.8 Å². The third-order valence-corrected chi connectivity index (χ3v) is 11.4. The van der Waals surface area contributed by atoms with Gasteiger partial charge in [0.25, 0.3) is 0 Å². The fourth-order valence-corrected chi connectivity index (χ4v) is 7.31. The Kier molecular flexibility index (Phi) is 32.0. The van der Waals surface area contributed by atoms with Crippen LogP contribution in [0.5, 0.6) is 0 Å². The number of esters is 1. The third-order valence-electron chi connectivity index (χ3n) is 11.4. The second-order valence-corrected chi connectivity index (χ2v) is 17.9. The third kappa shape index (κ3) is 27.0. The number of unbranched alkanes of at least 4 members (excludes halogenated alkanes) is 10. The van der Waals surface area contributed by atoms with Gasteiger partial charge < -0.3 is 79.4 Å². The van der Waals surface area contributed by atoms with Gasteiger partial charge in [-0.05, 0) is 53.0 Å². The predicted octanol–water partition coefficient (Wildman–Crippen LogP) is -3.96. The van der Waals surface area contributed by atoms with Gasteiger partial charge in [0, 0.05) is 13.0 Å². The van der Waals surface area contributed by atoms with Crippen molar-refractivity contribution in [3.63, 3.8) is 0 Å². The largest absolute Gasteiger partial charge is 0.461 e. The topological polar surface area (TPSA) is 418 Å². The molecule has 1 rings (SSSR count). The summed E-state index contributed by atoms with van der Waals surface area (Å²) in [4.78, 5) is 143. The summed E-state index contributed by atoms with van der Waals surface area (Å²) in [6, 6.07) is -9.62. The molecule has 0 spiro atoms. The second-order valence-electron chi connectivity index (χ2n) is 17.9. The van der Waals surface area contributed by atoms with Crippen LogP contribution in [0.4, 0.5) is 0 Å². The number of nitrogens with two attached hydrogens (primary N) is 2. The highest BCUT2D eigenvalue weighted by Gasteiger charge is 2.35. The highest BCUT2D eigenvalue weighted by molar-refractivity contribution is 5.98. The zero-order chi connectivity index (χ0) is 54.2. The molecular formula is C46H81N11O15. The number of ether oxygens (including phenoxy) is 1. The quantitative estimate of drug-likeness (QED) is 0.0409. The lowest BCUT2D eigenvalue weighted by Crippen LogP contribution is -2.61. The Labute approximate surface area is 420 Å². The van der Waals surface area contributed by atoms with E-state index in [9.17, 15) is 68.1 Å². The molecule has 410 valence electrons. The first-order valence-electron chi connectivity index (χ1n) is 24.9. The van der Waals surface area contributed by atoms with Crippen molar-refractivity contribution in [1.82, 2.24) is 47.9 Å². The van der Waals surface area contributed by atoms with Crippen molar-refractivity contribution < 1.29 is 72.8 Å². The summed E-state index contributed by atoms with van der Waals surface area (Å²) in [6.45, 7) is 3.02. The number of primary amides is 1. The molecule has 0 aromatic rings. The van der Waals surface area contributed by atoms with Crippen LogP contribution in [0, 0.1) is 0 Å². The number of aliphatic hydroxyl groups excluding tert-OH is 3. The molecule has 0 aliphatic carbocycles. The number of cyclic esters (lactones) is 1. The molecule has 0 radical (unpaired) electrons. The first-order valence-corrected chi connectivity index (χ1v) is 24.9. The maximum Gasteiger partial charge on any atom is 0.325 e. The van der Waals surface area contributed by atoms with Gasteiger partial charge in [-0.15, -0.1) is 0 Å². The van der Waals surface area contributed by atoms with Crippen molar-refractivity contribution >= 4 is 65.0 Å². The standard InChI is InChI=1S/C46H81N11O15/c1-5-6-7-8-9-10-11-12-13-14-15-17-30-22-36(63)52-27(2)41(66)53-31(18-16-20-47)42(67)49-21-19-35(62)56-40(29(4)60)46(71)55-33(26-58)44(69)54-32(23-34(48)61)43(68)57-39(28(3)59)45(70)51-24-37(64)50-25-38(65)72-30/h27-33,39-40,58-60H,5-26,47H2,1-4H3,(H2,48,61)(H,49,67)(H,50,64)(H,51,70)(H,52,63)(H,53,66)(H,54,69)(H,55,71)(H,56,62)(H,57,68). The van der Waals surface area contributed by atoms with Crippen molar-refractivity contribution in [2.24, 2.45) is 11.5 Å². The summed E-state index contributed by atoms with van der Waals surface area (Å²) in [5, 5.41) is 51.4. The van der Waals surface area contributed by atoms with Crippen molar-refractivity contribution in [3.05, 3.63) is 0 Å². The Bertz CT molecular complexity index is 1790. The molecule has 9 atom stereocenters. The Morgan fingerprint density at radius 2 is 1.15 bits per heavy atom. The zero-order valence-corrected chi connectivity index (χ0v) is 42.1. The highest BCUT2D eigenvalue weighted by atomic mass is 16.5. The number of rotatable bonds is 20. The van der Waals surface area contributed by atoms with Crippen LogP contribution in [0.1, 0.15) is 137 Å². The van der Waals surface area contributed by atoms with Gasteiger partial charge >= 0.3 is 5.97 Å². The van der Waals surface area contributed by atoms with Gasteiger partial charge in [-0.1, -0.05) is 71.1 Å². The van der Waals surface area contributed by atoms with Crippen LogP contribution in [0.15, 0.2) is 0 Å². The van der Waals surface area contributed by atoms with E-state index >= 15 is 0 Å². The van der Waals surface area contributed by atoms with E-state index in [4.69, 9.17) is 16.2 Å². The molecule has 0 bridgehead atoms. The fourth-order valence-electron chi connectivity index (χ4n) is 7.31. The average Bonchev–Trinajstić information content (AvgIpc) is 3.31. The summed E-state index contributed by atoms with van der Waals surface area (Å²) >= 11 is 0. The van der Waals surface area contributed by atoms with Gasteiger partial charge in [0.15, 0.2) is 0 Å². The summed E-state index contributed by atoms with van der Waals surface area (Å²) in [7, 11) is 0. The van der Waals surface area contributed by atoms with Gasteiger partial charge in [0.1, 0.15) is 48.9 Å². The molecule has 72 heavy (non-hydrogen) atoms. The first kappa shape index (κ1) is 64.0. The average molecular weight is 1030 g/mol. The van der Waals surface area contributed by atoms with Crippen LogP contribution >= 0.6 is 0 Å². The smallest absolute Gasteiger partial charge is 0.325 e. The molecule has 0 saturated carbocycles. The number of hydrogen-bond donors (Lipinski definition) is 14. The summed E-state index contributed by atoms with van der Waals surface area (Å²) in [5.41, 5.74) is 11.0. The number of nitrogens with one attached hydrogen (secondary N) is 9. The number of carbonyl (C=O) groups is 11. The van der Waals surface area contributed by atoms with Crippen molar-refractivity contribution in [2.75, 3.05) is 32.8 Å². The Hall–Kier alpha value is -5.99. The maximum atomic E-state index is 13.4. The predicted molar refractivity (Wildman–Crippen MR) is 259 cm³/mol. The van der Waals surface area contributed by atoms with Crippen molar-refractivity contribution in [2.45, 2.75) is 191 Å². The van der Waals surface area contributed by atoms with E-state index in [1.807, 2.05) is 0 Å². The van der Waals surface area contributed by atoms with Crippen LogP contribution in [-0.4, -0.2) is 168 Å². The van der Waals surface area contributed by atoms with Gasteiger partial charge in [-0.25, -0.2) is 0 Å². The lowest BCUT2D eigenvalue weighted by Gasteiger charge is -2.26. The Morgan fingerprint density at radius 1 is 0.597 bits per heavy atom. The lowest BCUT2D eigenvalue weighted by atomic mass is 10.0. The molecule has 10 amide bonds. The minimum absolute atomic E-state index is 0.0705. The van der Waals surface area contributed by atoms with Gasteiger partial charge in [0.05, 0.1) is 38.2 Å². The van der Waals surface area contributed by atoms with Crippen molar-refractivity contribution in [1.29, 1.82) is 0 Å². The molecular weight excluding hydrogens is 947 g/mol. The first-order chi connectivity index (χ1) is 34.1. The molecule has 1 aliphatic rings. The maximum absolute atomic E-state index is 13.4. The van der Waals surface area contributed by atoms with E-state index in [1.165, 1.54) is 39.0 Å². The van der Waals surface area contributed by atoms with E-state index in [1.54, 1.807) is 0 Å². The summed E-state index contributed by atoms with van der Waals surface area (Å²) < 4.78 is 5.59. The van der Waals surface area contributed by atoms with Gasteiger partial charge in [0.2, 0.25) is 59.1 Å². The number of hydrogen-bond acceptors (Lipinski definition) is 16. The molecule has 16 N–H and O–H groups in total. The monoisotopic (exact) mass is 1030 g/mol. The van der Waals surface area contributed by atoms with E-state index in [-0.39, 0.29) is 32.4 Å². The number of amides is 10. The van der Waals surface area contributed by atoms with Crippen LogP contribution < -0.4 is 59.3 Å². The lowest BCUT2D eigenvalue weighted by molar-refractivity contribution is -0.151. The molecule has 1 heterocycles. The molecule has 9 unspecified atom stereocenters. The molecule has 1 fully saturated rings. The summed E-state index contributed by atoms with van der Waals surface area (Å²) in [6.07, 6.45) is 6.29. The Morgan fingerprint density at radius 3 is 1.72 bits per heavy atom. The van der Waals surface area contributed by atoms with Crippen LogP contribution in [0.2, 0.25) is 0 Å². The Balaban J connectivity index is 3.39. The van der Waals surface area contributed by atoms with E-state index < -0.39 is 152 Å². The van der Waals surface area contributed by atoms with E-state index in [0.717, 1.165) is 46.0 Å². The fraction of sp³-hybridized carbons (Fsp3) is 0.761. The number of aliphatic hydroxyl groups is 3. The van der Waals surface area contributed by atoms with Crippen LogP contribution in [-0.2, 0) is 57.5 Å². The van der Waals surface area contributed by atoms with Crippen LogP contribution in [0.25, 0.3) is 0 Å². The van der Waals surface area contributed by atoms with Gasteiger partial charge in [-0.3, -0.25) is 52.7 Å². The van der Waals surface area contributed by atoms with Crippen molar-refractivity contribution in [3.8, 4) is 0 Å². The second kappa shape index (κ2) is 36.0. The minimum atomic E-state index is -1.87. The molecule has 26 heteroatoms. The molecule has 1 saturated heterocycles. The SMILES string of the molecule is CCCCCCCCCCCCCC1CC(=O)NC(C)C(=O)NC(CCCN)C(=O)NCCC(=O)NC(C(C)O)C(=O)NC(CO)C(=O)NC(CC(N)=O)C(=O)NC(C(C)O)C(=O)NCC(=O)NCC(=O)O1. The molecule has 26 nitrogen and oxygen atoms in total. The normalized spacial score (nSPS) is 24.6. The minimum Gasteiger partial charge on any atom is -0.461 e. The zero-order valence-electron chi connectivity index (χ0n) is 42.1. The van der Waals surface area contributed by atoms with Gasteiger partial charge in [-0.2, -0.15) is 0 Å².